The molecule has 1 unspecified atom stereocenters. The Balaban J connectivity index is 1.86. The number of rotatable bonds is 12. The van der Waals surface area contributed by atoms with Crippen molar-refractivity contribution in [1.29, 1.82) is 0 Å². The number of hydrogen-bond acceptors (Lipinski definition) is 3. The monoisotopic (exact) mass is 615 g/mol. The van der Waals surface area contributed by atoms with Crippen molar-refractivity contribution in [3.05, 3.63) is 71.1 Å². The summed E-state index contributed by atoms with van der Waals surface area (Å²) in [5.41, 5.74) is 7.08. The average molecular weight is 616 g/mol. The molecule has 1 atom stereocenters. The van der Waals surface area contributed by atoms with E-state index in [1.165, 1.54) is 37.6 Å². The Morgan fingerprint density at radius 3 is 2.38 bits per heavy atom. The Bertz CT molecular complexity index is 1090. The van der Waals surface area contributed by atoms with Gasteiger partial charge in [-0.3, -0.25) is 0 Å². The van der Waals surface area contributed by atoms with E-state index in [9.17, 15) is 4.79 Å². The van der Waals surface area contributed by atoms with E-state index in [2.05, 4.69) is 85.0 Å². The molecule has 0 aromatic carbocycles. The summed E-state index contributed by atoms with van der Waals surface area (Å²) in [7, 11) is 1.98. The van der Waals surface area contributed by atoms with E-state index in [1.807, 2.05) is 11.7 Å². The normalized spacial score (nSPS) is 24.4. The molecule has 3 rings (SSSR count). The molecule has 37 heavy (non-hydrogen) atoms. The van der Waals surface area contributed by atoms with Crippen LogP contribution in [-0.2, 0) is 11.8 Å². The molecular weight excluding hydrogens is 571 g/mol. The number of carbonyl (C=O) groups is 1. The van der Waals surface area contributed by atoms with E-state index >= 15 is 0 Å². The molecule has 0 fully saturated rings. The van der Waals surface area contributed by atoms with Crippen LogP contribution < -0.4 is 26.5 Å². The molecule has 0 aliphatic heterocycles. The fraction of sp³-hybridized carbons (Fsp3) is 0.516. The number of nitrogens with one attached hydrogen (secondary N) is 1. The van der Waals surface area contributed by atoms with Gasteiger partial charge in [0.2, 0.25) is 0 Å². The van der Waals surface area contributed by atoms with Gasteiger partial charge in [0.1, 0.15) is 0 Å². The van der Waals surface area contributed by atoms with Gasteiger partial charge in [-0.05, 0) is 19.8 Å². The Kier molecular flexibility index (Phi) is 12.6. The van der Waals surface area contributed by atoms with Crippen molar-refractivity contribution >= 4 is 17.1 Å². The van der Waals surface area contributed by atoms with Gasteiger partial charge in [0.25, 0.3) is 0 Å². The molecular formula is C31H44IN4O-. The van der Waals surface area contributed by atoms with Crippen LogP contribution in [0.25, 0.3) is 11.1 Å². The second-order valence-corrected chi connectivity index (χ2v) is 13.5. The van der Waals surface area contributed by atoms with E-state index in [0.29, 0.717) is 40.1 Å². The second kappa shape index (κ2) is 15.9. The van der Waals surface area contributed by atoms with Crippen LogP contribution in [0.3, 0.4) is 0 Å². The Hall–Kier alpha value is -2.22. The predicted octanol–water partition coefficient (Wildman–Crippen LogP) is 3.58. The number of nitrogens with zero attached hydrogens (tertiary/aromatic N) is 3. The molecule has 202 valence electrons. The number of aryl methyl sites for hydroxylation is 1. The standard InChI is InChI=1S/C31H44IN4O/c1-5-15-25(20-21-32-6-2)22-29(37)33-23-26-17-12-8-10-14-19-28(26)31-30(34-35-36(31)4)27-18-13-9-7-11-16-24(27)3/h7-14,25H,5-6,15-23H2,1-4H3,(H,33,37)/q-1/b11-7-,12-8-,13-9-,14-10-,27-24+,28-26-. The quantitative estimate of drug-likeness (QED) is 0.222. The zero-order valence-electron chi connectivity index (χ0n) is 23.1. The van der Waals surface area contributed by atoms with Gasteiger partial charge < -0.3 is 0 Å². The van der Waals surface area contributed by atoms with E-state index in [0.717, 1.165) is 49.9 Å². The van der Waals surface area contributed by atoms with Crippen molar-refractivity contribution in [3.63, 3.8) is 0 Å². The molecule has 0 saturated heterocycles. The van der Waals surface area contributed by atoms with Crippen molar-refractivity contribution in [3.8, 4) is 0 Å². The molecule has 1 amide bonds. The van der Waals surface area contributed by atoms with Crippen LogP contribution in [0, 0.1) is 5.92 Å². The number of carbonyl (C=O) groups excluding carboxylic acids is 1. The average Bonchev–Trinajstić information content (AvgIpc) is 3.22. The SMILES string of the molecule is CCCC(CC[I-]CC)CC(=O)NC/C1=C(\c2c(/C3=C(\C)C/C=C\C=C/C3)nnn2C)C/C=C\C=C/C1. The fourth-order valence-corrected chi connectivity index (χ4v) is 7.09. The van der Waals surface area contributed by atoms with Crippen LogP contribution in [0.4, 0.5) is 0 Å². The molecule has 2 aliphatic rings. The summed E-state index contributed by atoms with van der Waals surface area (Å²) < 4.78 is 4.58. The van der Waals surface area contributed by atoms with Gasteiger partial charge in [-0.15, -0.1) is 0 Å². The van der Waals surface area contributed by atoms with Crippen LogP contribution in [0.1, 0.15) is 83.5 Å². The molecule has 1 N–H and O–H groups in total. The maximum atomic E-state index is 13.0. The first-order chi connectivity index (χ1) is 18.0. The summed E-state index contributed by atoms with van der Waals surface area (Å²) in [6.45, 7) is 7.27. The van der Waals surface area contributed by atoms with Gasteiger partial charge in [0, 0.05) is 0 Å². The molecule has 1 aromatic rings. The number of hydrogen-bond donors (Lipinski definition) is 1. The molecule has 0 bridgehead atoms. The third kappa shape index (κ3) is 8.94. The first kappa shape index (κ1) is 29.3. The molecule has 2 aliphatic carbocycles. The number of alkyl halides is 2. The Morgan fingerprint density at radius 2 is 1.68 bits per heavy atom. The Labute approximate surface area is 234 Å². The molecule has 1 heterocycles. The predicted molar refractivity (Wildman–Crippen MR) is 152 cm³/mol. The zero-order chi connectivity index (χ0) is 26.5. The van der Waals surface area contributed by atoms with Crippen LogP contribution in [0.15, 0.2) is 59.8 Å². The van der Waals surface area contributed by atoms with Crippen molar-refractivity contribution < 1.29 is 26.0 Å². The van der Waals surface area contributed by atoms with Gasteiger partial charge in [0.05, 0.1) is 0 Å². The Morgan fingerprint density at radius 1 is 1.00 bits per heavy atom. The number of amides is 1. The molecule has 6 heteroatoms. The summed E-state index contributed by atoms with van der Waals surface area (Å²) >= 11 is 0.307. The number of allylic oxidation sites excluding steroid dienone is 11. The van der Waals surface area contributed by atoms with Gasteiger partial charge in [-0.1, -0.05) is 29.9 Å². The minimum absolute atomic E-state index is 0.181. The van der Waals surface area contributed by atoms with Crippen LogP contribution in [0.5, 0.6) is 0 Å². The molecule has 5 nitrogen and oxygen atoms in total. The van der Waals surface area contributed by atoms with Crippen molar-refractivity contribution in [1.82, 2.24) is 20.3 Å². The summed E-state index contributed by atoms with van der Waals surface area (Å²) in [4.78, 5) is 13.0. The second-order valence-electron chi connectivity index (χ2n) is 9.85. The van der Waals surface area contributed by atoms with Crippen molar-refractivity contribution in [2.24, 2.45) is 13.0 Å². The zero-order valence-corrected chi connectivity index (χ0v) is 25.3. The van der Waals surface area contributed by atoms with Crippen LogP contribution in [0.2, 0.25) is 0 Å². The molecule has 0 spiro atoms. The van der Waals surface area contributed by atoms with Crippen molar-refractivity contribution in [2.75, 3.05) is 15.4 Å². The summed E-state index contributed by atoms with van der Waals surface area (Å²) in [5, 5.41) is 12.4. The van der Waals surface area contributed by atoms with E-state index < -0.39 is 0 Å². The van der Waals surface area contributed by atoms with Gasteiger partial charge >= 0.3 is 185 Å². The first-order valence-corrected chi connectivity index (χ1v) is 16.8. The van der Waals surface area contributed by atoms with E-state index in [4.69, 9.17) is 0 Å². The fourth-order valence-electron chi connectivity index (χ4n) is 5.01. The van der Waals surface area contributed by atoms with Gasteiger partial charge in [-0.2, -0.15) is 0 Å². The van der Waals surface area contributed by atoms with E-state index in [1.54, 1.807) is 0 Å². The molecule has 1 aromatic heterocycles. The van der Waals surface area contributed by atoms with Crippen LogP contribution >= 0.6 is 0 Å². The first-order valence-electron chi connectivity index (χ1n) is 13.8. The molecule has 0 radical (unpaired) electrons. The molecule has 0 saturated carbocycles. The third-order valence-electron chi connectivity index (χ3n) is 7.05. The maximum absolute atomic E-state index is 13.0. The van der Waals surface area contributed by atoms with E-state index in [-0.39, 0.29) is 5.91 Å². The summed E-state index contributed by atoms with van der Waals surface area (Å²) in [6, 6.07) is 0. The number of halogens is 1. The van der Waals surface area contributed by atoms with Gasteiger partial charge in [0.15, 0.2) is 0 Å². The van der Waals surface area contributed by atoms with Gasteiger partial charge in [-0.25, -0.2) is 0 Å². The number of aromatic nitrogens is 3. The van der Waals surface area contributed by atoms with Crippen LogP contribution in [-0.4, -0.2) is 36.3 Å². The third-order valence-corrected chi connectivity index (χ3v) is 9.51. The summed E-state index contributed by atoms with van der Waals surface area (Å²) in [6.07, 6.45) is 24.7. The van der Waals surface area contributed by atoms with Crippen molar-refractivity contribution in [2.45, 2.75) is 72.1 Å². The minimum atomic E-state index is 0.181. The topological polar surface area (TPSA) is 59.8 Å². The summed E-state index contributed by atoms with van der Waals surface area (Å²) in [5.74, 6) is 0.689.